The van der Waals surface area contributed by atoms with Crippen LogP contribution in [0.3, 0.4) is 0 Å². The van der Waals surface area contributed by atoms with Gasteiger partial charge in [-0.2, -0.15) is 0 Å². The van der Waals surface area contributed by atoms with Gasteiger partial charge in [0.25, 0.3) is 0 Å². The second kappa shape index (κ2) is 5.86. The molecule has 0 aliphatic carbocycles. The molecule has 1 heterocycles. The Labute approximate surface area is 129 Å². The van der Waals surface area contributed by atoms with Crippen molar-refractivity contribution in [2.75, 3.05) is 20.8 Å². The highest BCUT2D eigenvalue weighted by Crippen LogP contribution is 2.39. The number of hydrogen-bond donors (Lipinski definition) is 0. The molecule has 0 spiro atoms. The molecule has 0 aromatic heterocycles. The monoisotopic (exact) mass is 304 g/mol. The molecule has 110 valence electrons. The molecule has 3 nitrogen and oxygen atoms in total. The molecule has 0 radical (unpaired) electrons. The Balaban J connectivity index is 1.96. The van der Waals surface area contributed by atoms with E-state index >= 15 is 0 Å². The smallest absolute Gasteiger partial charge is 0.127 e. The maximum absolute atomic E-state index is 6.65. The summed E-state index contributed by atoms with van der Waals surface area (Å²) in [4.78, 5) is 0. The minimum Gasteiger partial charge on any atom is -0.497 e. The number of methoxy groups -OCH3 is 2. The van der Waals surface area contributed by atoms with E-state index in [0.717, 1.165) is 41.4 Å². The van der Waals surface area contributed by atoms with Gasteiger partial charge in [0.1, 0.15) is 17.2 Å². The van der Waals surface area contributed by atoms with Gasteiger partial charge in [-0.25, -0.2) is 0 Å². The summed E-state index contributed by atoms with van der Waals surface area (Å²) in [7, 11) is 3.27. The zero-order valence-electron chi connectivity index (χ0n) is 12.1. The number of rotatable bonds is 4. The molecule has 0 fully saturated rings. The van der Waals surface area contributed by atoms with Gasteiger partial charge in [0.05, 0.1) is 26.2 Å². The van der Waals surface area contributed by atoms with Crippen LogP contribution < -0.4 is 14.2 Å². The van der Waals surface area contributed by atoms with E-state index in [4.69, 9.17) is 25.8 Å². The van der Waals surface area contributed by atoms with Crippen LogP contribution in [0.25, 0.3) is 0 Å². The summed E-state index contributed by atoms with van der Waals surface area (Å²) in [5.74, 6) is 2.44. The van der Waals surface area contributed by atoms with Crippen LogP contribution in [0.4, 0.5) is 0 Å². The molecule has 0 bridgehead atoms. The van der Waals surface area contributed by atoms with Gasteiger partial charge in [0.15, 0.2) is 0 Å². The standard InChI is InChI=1S/C17H17ClO3/c1-19-13-4-5-14(16(10-13)20-2)17(18)12-3-6-15-11(9-12)7-8-21-15/h3-6,9-10,17H,7-8H2,1-2H3. The number of alkyl halides is 1. The van der Waals surface area contributed by atoms with E-state index in [1.807, 2.05) is 30.3 Å². The third-order valence-electron chi connectivity index (χ3n) is 3.72. The molecule has 1 aliphatic rings. The molecule has 2 aromatic carbocycles. The molecule has 0 amide bonds. The topological polar surface area (TPSA) is 27.7 Å². The summed E-state index contributed by atoms with van der Waals surface area (Å²) in [6, 6.07) is 11.8. The molecule has 1 atom stereocenters. The van der Waals surface area contributed by atoms with E-state index in [-0.39, 0.29) is 5.38 Å². The third-order valence-corrected chi connectivity index (χ3v) is 4.21. The zero-order valence-corrected chi connectivity index (χ0v) is 12.8. The maximum atomic E-state index is 6.65. The van der Waals surface area contributed by atoms with Crippen molar-refractivity contribution in [2.45, 2.75) is 11.8 Å². The number of benzene rings is 2. The lowest BCUT2D eigenvalue weighted by Gasteiger charge is -2.16. The predicted octanol–water partition coefficient (Wildman–Crippen LogP) is 3.97. The molecule has 1 unspecified atom stereocenters. The molecule has 0 N–H and O–H groups in total. The molecule has 0 saturated carbocycles. The first-order valence-electron chi connectivity index (χ1n) is 6.84. The van der Waals surface area contributed by atoms with Gasteiger partial charge in [-0.05, 0) is 29.3 Å². The summed E-state index contributed by atoms with van der Waals surface area (Å²) in [5, 5.41) is -0.267. The molecule has 3 rings (SSSR count). The van der Waals surface area contributed by atoms with E-state index in [9.17, 15) is 0 Å². The Bertz CT molecular complexity index is 654. The van der Waals surface area contributed by atoms with Crippen LogP contribution in [0.2, 0.25) is 0 Å². The van der Waals surface area contributed by atoms with Gasteiger partial charge in [0, 0.05) is 18.1 Å². The van der Waals surface area contributed by atoms with Gasteiger partial charge in [0.2, 0.25) is 0 Å². The van der Waals surface area contributed by atoms with E-state index in [0.29, 0.717) is 0 Å². The van der Waals surface area contributed by atoms with Crippen LogP contribution in [0.5, 0.6) is 17.2 Å². The first-order chi connectivity index (χ1) is 10.2. The fourth-order valence-corrected chi connectivity index (χ4v) is 2.89. The molecular formula is C17H17ClO3. The highest BCUT2D eigenvalue weighted by molar-refractivity contribution is 6.22. The van der Waals surface area contributed by atoms with Crippen LogP contribution in [0, 0.1) is 0 Å². The van der Waals surface area contributed by atoms with Crippen LogP contribution in [0.1, 0.15) is 22.1 Å². The molecule has 21 heavy (non-hydrogen) atoms. The fraction of sp³-hybridized carbons (Fsp3) is 0.294. The van der Waals surface area contributed by atoms with Crippen LogP contribution >= 0.6 is 11.6 Å². The highest BCUT2D eigenvalue weighted by Gasteiger charge is 2.19. The summed E-state index contributed by atoms with van der Waals surface area (Å²) >= 11 is 6.65. The lowest BCUT2D eigenvalue weighted by Crippen LogP contribution is -1.99. The van der Waals surface area contributed by atoms with Crippen molar-refractivity contribution in [3.05, 3.63) is 53.1 Å². The van der Waals surface area contributed by atoms with E-state index in [2.05, 4.69) is 6.07 Å². The van der Waals surface area contributed by atoms with E-state index in [1.54, 1.807) is 14.2 Å². The average Bonchev–Trinajstić information content (AvgIpc) is 3.01. The van der Waals surface area contributed by atoms with Gasteiger partial charge in [-0.1, -0.05) is 12.1 Å². The summed E-state index contributed by atoms with van der Waals surface area (Å²) < 4.78 is 16.2. The Hall–Kier alpha value is -1.87. The van der Waals surface area contributed by atoms with Gasteiger partial charge < -0.3 is 14.2 Å². The second-order valence-corrected chi connectivity index (χ2v) is 5.37. The summed E-state index contributed by atoms with van der Waals surface area (Å²) in [6.07, 6.45) is 0.937. The van der Waals surface area contributed by atoms with Gasteiger partial charge >= 0.3 is 0 Å². The Kier molecular flexibility index (Phi) is 3.93. The van der Waals surface area contributed by atoms with Crippen molar-refractivity contribution in [3.63, 3.8) is 0 Å². The first-order valence-corrected chi connectivity index (χ1v) is 7.28. The first kappa shape index (κ1) is 14.1. The van der Waals surface area contributed by atoms with Crippen LogP contribution in [-0.2, 0) is 6.42 Å². The average molecular weight is 305 g/mol. The molecule has 2 aromatic rings. The van der Waals surface area contributed by atoms with Crippen molar-refractivity contribution < 1.29 is 14.2 Å². The minimum atomic E-state index is -0.267. The SMILES string of the molecule is COc1ccc(C(Cl)c2ccc3c(c2)CCO3)c(OC)c1. The van der Waals surface area contributed by atoms with Gasteiger partial charge in [-0.3, -0.25) is 0 Å². The minimum absolute atomic E-state index is 0.267. The summed E-state index contributed by atoms with van der Waals surface area (Å²) in [5.41, 5.74) is 3.19. The fourth-order valence-electron chi connectivity index (χ4n) is 2.57. The quantitative estimate of drug-likeness (QED) is 0.800. The normalized spacial score (nSPS) is 14.2. The van der Waals surface area contributed by atoms with Crippen molar-refractivity contribution in [3.8, 4) is 17.2 Å². The molecule has 0 saturated heterocycles. The zero-order chi connectivity index (χ0) is 14.8. The lowest BCUT2D eigenvalue weighted by atomic mass is 10.0. The number of ether oxygens (including phenoxy) is 3. The number of fused-ring (bicyclic) bond motifs is 1. The third kappa shape index (κ3) is 2.66. The highest BCUT2D eigenvalue weighted by atomic mass is 35.5. The Morgan fingerprint density at radius 2 is 1.95 bits per heavy atom. The Morgan fingerprint density at radius 1 is 1.10 bits per heavy atom. The number of hydrogen-bond acceptors (Lipinski definition) is 3. The van der Waals surface area contributed by atoms with E-state index < -0.39 is 0 Å². The second-order valence-electron chi connectivity index (χ2n) is 4.94. The van der Waals surface area contributed by atoms with E-state index in [1.165, 1.54) is 5.56 Å². The largest absolute Gasteiger partial charge is 0.497 e. The van der Waals surface area contributed by atoms with Crippen molar-refractivity contribution in [1.82, 2.24) is 0 Å². The van der Waals surface area contributed by atoms with Crippen molar-refractivity contribution in [1.29, 1.82) is 0 Å². The molecule has 1 aliphatic heterocycles. The van der Waals surface area contributed by atoms with Crippen LogP contribution in [0.15, 0.2) is 36.4 Å². The molecule has 4 heteroatoms. The predicted molar refractivity (Wildman–Crippen MR) is 82.9 cm³/mol. The lowest BCUT2D eigenvalue weighted by molar-refractivity contribution is 0.357. The number of halogens is 1. The Morgan fingerprint density at radius 3 is 2.71 bits per heavy atom. The molecular weight excluding hydrogens is 288 g/mol. The van der Waals surface area contributed by atoms with Crippen molar-refractivity contribution >= 4 is 11.6 Å². The van der Waals surface area contributed by atoms with Crippen LogP contribution in [-0.4, -0.2) is 20.8 Å². The maximum Gasteiger partial charge on any atom is 0.127 e. The van der Waals surface area contributed by atoms with Gasteiger partial charge in [-0.15, -0.1) is 11.6 Å². The summed E-state index contributed by atoms with van der Waals surface area (Å²) in [6.45, 7) is 0.748. The van der Waals surface area contributed by atoms with Crippen molar-refractivity contribution in [2.24, 2.45) is 0 Å².